The summed E-state index contributed by atoms with van der Waals surface area (Å²) in [6, 6.07) is 0. The zero-order chi connectivity index (χ0) is 9.41. The van der Waals surface area contributed by atoms with Crippen LogP contribution < -0.4 is 0 Å². The van der Waals surface area contributed by atoms with Gasteiger partial charge in [-0.2, -0.15) is 0 Å². The van der Waals surface area contributed by atoms with Crippen LogP contribution in [0.4, 0.5) is 0 Å². The van der Waals surface area contributed by atoms with E-state index in [1.807, 2.05) is 12.2 Å². The van der Waals surface area contributed by atoms with Crippen LogP contribution in [0, 0.1) is 5.41 Å². The lowest BCUT2D eigenvalue weighted by molar-refractivity contribution is -0.0121. The molecule has 0 saturated carbocycles. The minimum atomic E-state index is -0.660. The lowest BCUT2D eigenvalue weighted by Gasteiger charge is -2.38. The van der Waals surface area contributed by atoms with Gasteiger partial charge >= 0.3 is 0 Å². The van der Waals surface area contributed by atoms with E-state index in [0.717, 1.165) is 6.42 Å². The molecule has 0 radical (unpaired) electrons. The first-order valence-corrected chi connectivity index (χ1v) is 4.43. The van der Waals surface area contributed by atoms with E-state index in [1.165, 1.54) is 5.57 Å². The lowest BCUT2D eigenvalue weighted by Crippen LogP contribution is -2.41. The summed E-state index contributed by atoms with van der Waals surface area (Å²) < 4.78 is 0. The summed E-state index contributed by atoms with van der Waals surface area (Å²) in [5.41, 5.74) is 0.497. The minimum Gasteiger partial charge on any atom is -0.385 e. The minimum absolute atomic E-state index is 0.0826. The highest BCUT2D eigenvalue weighted by molar-refractivity contribution is 5.27. The number of allylic oxidation sites excluding steroid dienone is 2. The fraction of sp³-hybridized carbons (Fsp3) is 0.636. The van der Waals surface area contributed by atoms with Gasteiger partial charge in [-0.25, -0.2) is 0 Å². The SMILES string of the molecule is CC1=CCC(O)(C(C)(C)C)C=C1. The molecule has 0 spiro atoms. The molecular formula is C11H18O. The van der Waals surface area contributed by atoms with E-state index >= 15 is 0 Å². The van der Waals surface area contributed by atoms with Crippen molar-refractivity contribution in [3.05, 3.63) is 23.8 Å². The van der Waals surface area contributed by atoms with Gasteiger partial charge in [0, 0.05) is 0 Å². The van der Waals surface area contributed by atoms with Crippen molar-refractivity contribution in [2.75, 3.05) is 0 Å². The first kappa shape index (κ1) is 9.53. The Morgan fingerprint density at radius 1 is 1.42 bits per heavy atom. The standard InChI is InChI=1S/C11H18O/c1-9-5-7-11(12,8-6-9)10(2,3)4/h5-7,12H,8H2,1-4H3. The first-order chi connectivity index (χ1) is 5.35. The monoisotopic (exact) mass is 166 g/mol. The molecule has 1 atom stereocenters. The van der Waals surface area contributed by atoms with Crippen molar-refractivity contribution >= 4 is 0 Å². The van der Waals surface area contributed by atoms with E-state index in [1.54, 1.807) is 0 Å². The third-order valence-corrected chi connectivity index (χ3v) is 2.66. The largest absolute Gasteiger partial charge is 0.385 e. The van der Waals surface area contributed by atoms with Gasteiger partial charge in [-0.05, 0) is 18.8 Å². The molecule has 1 aliphatic carbocycles. The van der Waals surface area contributed by atoms with Gasteiger partial charge in [-0.3, -0.25) is 0 Å². The predicted octanol–water partition coefficient (Wildman–Crippen LogP) is 2.67. The Bertz CT molecular complexity index is 230. The van der Waals surface area contributed by atoms with Gasteiger partial charge in [0.15, 0.2) is 0 Å². The van der Waals surface area contributed by atoms with Crippen molar-refractivity contribution in [3.63, 3.8) is 0 Å². The quantitative estimate of drug-likeness (QED) is 0.586. The van der Waals surface area contributed by atoms with Gasteiger partial charge in [0.25, 0.3) is 0 Å². The summed E-state index contributed by atoms with van der Waals surface area (Å²) in [5, 5.41) is 10.2. The molecule has 0 aliphatic heterocycles. The molecule has 0 bridgehead atoms. The number of rotatable bonds is 0. The van der Waals surface area contributed by atoms with Crippen molar-refractivity contribution in [3.8, 4) is 0 Å². The van der Waals surface area contributed by atoms with Crippen LogP contribution in [0.5, 0.6) is 0 Å². The molecule has 1 nitrogen and oxygen atoms in total. The second kappa shape index (κ2) is 2.74. The Hall–Kier alpha value is -0.560. The molecule has 0 heterocycles. The summed E-state index contributed by atoms with van der Waals surface area (Å²) >= 11 is 0. The third kappa shape index (κ3) is 1.61. The van der Waals surface area contributed by atoms with Crippen LogP contribution in [0.15, 0.2) is 23.8 Å². The van der Waals surface area contributed by atoms with E-state index in [0.29, 0.717) is 0 Å². The molecule has 1 aliphatic rings. The molecule has 0 amide bonds. The van der Waals surface area contributed by atoms with Crippen LogP contribution >= 0.6 is 0 Å². The molecule has 68 valence electrons. The van der Waals surface area contributed by atoms with Crippen LogP contribution in [0.3, 0.4) is 0 Å². The van der Waals surface area contributed by atoms with Crippen LogP contribution in [-0.4, -0.2) is 10.7 Å². The van der Waals surface area contributed by atoms with E-state index in [2.05, 4.69) is 33.8 Å². The second-order valence-electron chi connectivity index (χ2n) is 4.66. The van der Waals surface area contributed by atoms with Crippen LogP contribution in [0.2, 0.25) is 0 Å². The van der Waals surface area contributed by atoms with Crippen molar-refractivity contribution in [1.29, 1.82) is 0 Å². The smallest absolute Gasteiger partial charge is 0.0913 e. The molecule has 12 heavy (non-hydrogen) atoms. The van der Waals surface area contributed by atoms with E-state index < -0.39 is 5.60 Å². The first-order valence-electron chi connectivity index (χ1n) is 4.43. The second-order valence-corrected chi connectivity index (χ2v) is 4.66. The van der Waals surface area contributed by atoms with E-state index in [4.69, 9.17) is 0 Å². The normalized spacial score (nSPS) is 30.2. The van der Waals surface area contributed by atoms with Gasteiger partial charge in [0.05, 0.1) is 5.60 Å². The highest BCUT2D eigenvalue weighted by atomic mass is 16.3. The molecule has 1 N–H and O–H groups in total. The summed E-state index contributed by atoms with van der Waals surface area (Å²) in [6.07, 6.45) is 6.74. The van der Waals surface area contributed by atoms with Crippen molar-refractivity contribution in [1.82, 2.24) is 0 Å². The zero-order valence-corrected chi connectivity index (χ0v) is 8.39. The van der Waals surface area contributed by atoms with Gasteiger partial charge in [0.2, 0.25) is 0 Å². The summed E-state index contributed by atoms with van der Waals surface area (Å²) in [4.78, 5) is 0. The Balaban J connectivity index is 2.86. The molecule has 0 aromatic heterocycles. The molecule has 1 unspecified atom stereocenters. The maximum atomic E-state index is 10.2. The number of hydrogen-bond acceptors (Lipinski definition) is 1. The fourth-order valence-corrected chi connectivity index (χ4v) is 1.28. The Morgan fingerprint density at radius 3 is 2.33 bits per heavy atom. The van der Waals surface area contributed by atoms with Gasteiger partial charge in [-0.15, -0.1) is 0 Å². The van der Waals surface area contributed by atoms with Gasteiger partial charge in [0.1, 0.15) is 0 Å². The van der Waals surface area contributed by atoms with Crippen molar-refractivity contribution in [2.45, 2.75) is 39.7 Å². The molecule has 1 heteroatoms. The maximum Gasteiger partial charge on any atom is 0.0913 e. The average molecular weight is 166 g/mol. The molecule has 0 aromatic carbocycles. The Labute approximate surface area is 74.8 Å². The van der Waals surface area contributed by atoms with Gasteiger partial charge < -0.3 is 5.11 Å². The molecular weight excluding hydrogens is 148 g/mol. The maximum absolute atomic E-state index is 10.2. The van der Waals surface area contributed by atoms with Crippen LogP contribution in [0.25, 0.3) is 0 Å². The van der Waals surface area contributed by atoms with Gasteiger partial charge in [-0.1, -0.05) is 44.6 Å². The Morgan fingerprint density at radius 2 is 2.00 bits per heavy atom. The highest BCUT2D eigenvalue weighted by Gasteiger charge is 2.37. The van der Waals surface area contributed by atoms with Crippen molar-refractivity contribution in [2.24, 2.45) is 5.41 Å². The molecule has 1 rings (SSSR count). The van der Waals surface area contributed by atoms with Crippen molar-refractivity contribution < 1.29 is 5.11 Å². The average Bonchev–Trinajstić information content (AvgIpc) is 1.93. The lowest BCUT2D eigenvalue weighted by atomic mass is 9.72. The zero-order valence-electron chi connectivity index (χ0n) is 8.39. The Kier molecular flexibility index (Phi) is 2.17. The molecule has 0 saturated heterocycles. The summed E-state index contributed by atoms with van der Waals surface area (Å²) in [6.45, 7) is 8.24. The number of aliphatic hydroxyl groups is 1. The molecule has 0 aromatic rings. The summed E-state index contributed by atoms with van der Waals surface area (Å²) in [5.74, 6) is 0. The van der Waals surface area contributed by atoms with Crippen LogP contribution in [0.1, 0.15) is 34.1 Å². The van der Waals surface area contributed by atoms with E-state index in [-0.39, 0.29) is 5.41 Å². The highest BCUT2D eigenvalue weighted by Crippen LogP contribution is 2.37. The predicted molar refractivity (Wildman–Crippen MR) is 51.9 cm³/mol. The summed E-state index contributed by atoms with van der Waals surface area (Å²) in [7, 11) is 0. The topological polar surface area (TPSA) is 20.2 Å². The number of hydrogen-bond donors (Lipinski definition) is 1. The van der Waals surface area contributed by atoms with Crippen LogP contribution in [-0.2, 0) is 0 Å². The third-order valence-electron chi connectivity index (χ3n) is 2.66. The van der Waals surface area contributed by atoms with E-state index in [9.17, 15) is 5.11 Å². The molecule has 0 fully saturated rings. The fourth-order valence-electron chi connectivity index (χ4n) is 1.28.